The van der Waals surface area contributed by atoms with Gasteiger partial charge in [0.05, 0.1) is 11.2 Å². The number of nitrogens with two attached hydrogens (primary N) is 1. The maximum Gasteiger partial charge on any atom is 0.241 e. The maximum absolute atomic E-state index is 12.3. The fraction of sp³-hybridized carbons (Fsp3) is 0.231. The van der Waals surface area contributed by atoms with Gasteiger partial charge in [-0.05, 0) is 12.5 Å². The third-order valence-electron chi connectivity index (χ3n) is 2.89. The number of hydrogen-bond acceptors (Lipinski definition) is 4. The van der Waals surface area contributed by atoms with Gasteiger partial charge in [-0.15, -0.1) is 0 Å². The molecule has 2 rings (SSSR count). The Hall–Kier alpha value is -1.77. The molecule has 0 spiro atoms. The zero-order valence-electron chi connectivity index (χ0n) is 11.3. The summed E-state index contributed by atoms with van der Waals surface area (Å²) in [5.41, 5.74) is 5.92. The number of sulfonamides is 1. The lowest BCUT2D eigenvalue weighted by Gasteiger charge is -2.10. The lowest BCUT2D eigenvalue weighted by Crippen LogP contribution is -2.28. The summed E-state index contributed by atoms with van der Waals surface area (Å²) in [6, 6.07) is 6.43. The first-order chi connectivity index (χ1) is 10.0. The van der Waals surface area contributed by atoms with Gasteiger partial charge in [-0.1, -0.05) is 30.4 Å². The molecule has 0 amide bonds. The normalized spacial score (nSPS) is 11.4. The highest BCUT2D eigenvalue weighted by molar-refractivity contribution is 7.89. The van der Waals surface area contributed by atoms with E-state index >= 15 is 0 Å². The molecule has 0 saturated heterocycles. The predicted octanol–water partition coefficient (Wildman–Crippen LogP) is 0.886. The van der Waals surface area contributed by atoms with Crippen LogP contribution < -0.4 is 10.5 Å². The summed E-state index contributed by atoms with van der Waals surface area (Å²) in [4.78, 5) is 4.10. The van der Waals surface area contributed by atoms with Gasteiger partial charge in [0, 0.05) is 31.0 Å². The van der Waals surface area contributed by atoms with E-state index in [0.29, 0.717) is 25.1 Å². The Kier molecular flexibility index (Phi) is 5.05. The summed E-state index contributed by atoms with van der Waals surface area (Å²) in [6.45, 7) is 1.02. The molecule has 0 aliphatic rings. The van der Waals surface area contributed by atoms with Crippen molar-refractivity contribution in [2.45, 2.75) is 17.9 Å². The van der Waals surface area contributed by atoms with E-state index in [9.17, 15) is 8.42 Å². The van der Waals surface area contributed by atoms with E-state index in [1.165, 1.54) is 6.07 Å². The molecule has 1 aromatic heterocycles. The first-order valence-corrected chi connectivity index (χ1v) is 8.24. The van der Waals surface area contributed by atoms with Crippen LogP contribution in [0, 0.1) is 0 Å². The van der Waals surface area contributed by atoms with Gasteiger partial charge >= 0.3 is 0 Å². The van der Waals surface area contributed by atoms with Crippen molar-refractivity contribution in [1.82, 2.24) is 14.3 Å². The molecule has 8 heteroatoms. The van der Waals surface area contributed by atoms with Gasteiger partial charge in [-0.2, -0.15) is 0 Å². The third kappa shape index (κ3) is 4.10. The van der Waals surface area contributed by atoms with Crippen molar-refractivity contribution in [3.63, 3.8) is 0 Å². The van der Waals surface area contributed by atoms with Gasteiger partial charge < -0.3 is 10.3 Å². The second-order valence-corrected chi connectivity index (χ2v) is 6.59. The van der Waals surface area contributed by atoms with Crippen LogP contribution in [0.25, 0.3) is 0 Å². The summed E-state index contributed by atoms with van der Waals surface area (Å²) >= 11 is 4.88. The van der Waals surface area contributed by atoms with Crippen molar-refractivity contribution in [2.75, 3.05) is 6.54 Å². The first-order valence-electron chi connectivity index (χ1n) is 6.35. The number of aryl methyl sites for hydroxylation is 1. The fourth-order valence-electron chi connectivity index (χ4n) is 1.87. The van der Waals surface area contributed by atoms with E-state index < -0.39 is 10.0 Å². The fourth-order valence-corrected chi connectivity index (χ4v) is 3.41. The van der Waals surface area contributed by atoms with Crippen LogP contribution in [-0.2, 0) is 16.6 Å². The SMILES string of the molecule is NC(=S)c1ccccc1S(=O)(=O)NCCCn1ccnc1. The second-order valence-electron chi connectivity index (χ2n) is 4.41. The van der Waals surface area contributed by atoms with Crippen molar-refractivity contribution in [3.8, 4) is 0 Å². The Morgan fingerprint density at radius 3 is 2.81 bits per heavy atom. The highest BCUT2D eigenvalue weighted by atomic mass is 32.2. The van der Waals surface area contributed by atoms with Crippen LogP contribution >= 0.6 is 12.2 Å². The number of nitrogens with zero attached hydrogens (tertiary/aromatic N) is 2. The molecule has 0 saturated carbocycles. The Bertz CT molecular complexity index is 712. The van der Waals surface area contributed by atoms with E-state index in [1.54, 1.807) is 30.7 Å². The smallest absolute Gasteiger partial charge is 0.241 e. The summed E-state index contributed by atoms with van der Waals surface area (Å²) in [6.07, 6.45) is 5.86. The average molecular weight is 324 g/mol. The molecule has 0 aliphatic carbocycles. The maximum atomic E-state index is 12.3. The van der Waals surface area contributed by atoms with Crippen LogP contribution in [0.5, 0.6) is 0 Å². The highest BCUT2D eigenvalue weighted by Crippen LogP contribution is 2.15. The average Bonchev–Trinajstić information content (AvgIpc) is 2.97. The van der Waals surface area contributed by atoms with E-state index in [-0.39, 0.29) is 9.88 Å². The summed E-state index contributed by atoms with van der Waals surface area (Å²) in [7, 11) is -3.62. The third-order valence-corrected chi connectivity index (χ3v) is 4.63. The lowest BCUT2D eigenvalue weighted by atomic mass is 10.2. The number of rotatable bonds is 7. The zero-order valence-corrected chi connectivity index (χ0v) is 12.9. The Morgan fingerprint density at radius 1 is 1.38 bits per heavy atom. The molecule has 0 bridgehead atoms. The molecule has 0 atom stereocenters. The molecule has 0 fully saturated rings. The van der Waals surface area contributed by atoms with Gasteiger partial charge in [0.1, 0.15) is 4.99 Å². The molecule has 2 aromatic rings. The molecule has 1 heterocycles. The number of thiocarbonyl (C=S) groups is 1. The van der Waals surface area contributed by atoms with E-state index in [0.717, 1.165) is 0 Å². The Labute approximate surface area is 129 Å². The summed E-state index contributed by atoms with van der Waals surface area (Å²) in [5.74, 6) is 0. The van der Waals surface area contributed by atoms with Crippen molar-refractivity contribution in [2.24, 2.45) is 5.73 Å². The number of benzene rings is 1. The van der Waals surface area contributed by atoms with E-state index in [4.69, 9.17) is 18.0 Å². The first kappa shape index (κ1) is 15.6. The van der Waals surface area contributed by atoms with Crippen molar-refractivity contribution < 1.29 is 8.42 Å². The van der Waals surface area contributed by atoms with Crippen molar-refractivity contribution in [3.05, 3.63) is 48.5 Å². The molecule has 0 unspecified atom stereocenters. The minimum atomic E-state index is -3.62. The van der Waals surface area contributed by atoms with Crippen LogP contribution in [0.15, 0.2) is 47.9 Å². The second kappa shape index (κ2) is 6.79. The van der Waals surface area contributed by atoms with Crippen LogP contribution in [0.2, 0.25) is 0 Å². The van der Waals surface area contributed by atoms with Gasteiger partial charge in [-0.3, -0.25) is 0 Å². The topological polar surface area (TPSA) is 90.0 Å². The number of aromatic nitrogens is 2. The van der Waals surface area contributed by atoms with Gasteiger partial charge in [0.25, 0.3) is 0 Å². The highest BCUT2D eigenvalue weighted by Gasteiger charge is 2.18. The molecule has 112 valence electrons. The Balaban J connectivity index is 2.00. The Morgan fingerprint density at radius 2 is 2.14 bits per heavy atom. The largest absolute Gasteiger partial charge is 0.389 e. The quantitative estimate of drug-likeness (QED) is 0.583. The molecule has 3 N–H and O–H groups in total. The van der Waals surface area contributed by atoms with Gasteiger partial charge in [0.2, 0.25) is 10.0 Å². The van der Waals surface area contributed by atoms with E-state index in [2.05, 4.69) is 9.71 Å². The summed E-state index contributed by atoms with van der Waals surface area (Å²) in [5, 5.41) is 0. The molecular weight excluding hydrogens is 308 g/mol. The van der Waals surface area contributed by atoms with Crippen LogP contribution in [-0.4, -0.2) is 29.5 Å². The standard InChI is InChI=1S/C13H16N4O2S2/c14-13(20)11-4-1-2-5-12(11)21(18,19)16-6-3-8-17-9-7-15-10-17/h1-2,4-5,7,9-10,16H,3,6,8H2,(H2,14,20). The number of hydrogen-bond donors (Lipinski definition) is 2. The van der Waals surface area contributed by atoms with Crippen molar-refractivity contribution in [1.29, 1.82) is 0 Å². The minimum absolute atomic E-state index is 0.0643. The molecule has 0 radical (unpaired) electrons. The predicted molar refractivity (Wildman–Crippen MR) is 84.4 cm³/mol. The number of imidazole rings is 1. The molecule has 21 heavy (non-hydrogen) atoms. The minimum Gasteiger partial charge on any atom is -0.389 e. The van der Waals surface area contributed by atoms with Crippen molar-refractivity contribution >= 4 is 27.2 Å². The molecular formula is C13H16N4O2S2. The van der Waals surface area contributed by atoms with Crippen LogP contribution in [0.3, 0.4) is 0 Å². The van der Waals surface area contributed by atoms with Gasteiger partial charge in [0.15, 0.2) is 0 Å². The monoisotopic (exact) mass is 324 g/mol. The van der Waals surface area contributed by atoms with Gasteiger partial charge in [-0.25, -0.2) is 18.1 Å². The van der Waals surface area contributed by atoms with Crippen LogP contribution in [0.4, 0.5) is 0 Å². The zero-order chi connectivity index (χ0) is 15.3. The summed E-state index contributed by atoms with van der Waals surface area (Å²) < 4.78 is 29.0. The van der Waals surface area contributed by atoms with E-state index in [1.807, 2.05) is 10.8 Å². The molecule has 1 aromatic carbocycles. The molecule has 0 aliphatic heterocycles. The lowest BCUT2D eigenvalue weighted by molar-refractivity contribution is 0.569. The number of nitrogens with one attached hydrogen (secondary N) is 1. The molecule has 6 nitrogen and oxygen atoms in total. The van der Waals surface area contributed by atoms with Crippen LogP contribution in [0.1, 0.15) is 12.0 Å².